The van der Waals surface area contributed by atoms with Gasteiger partial charge in [-0.25, -0.2) is 4.79 Å². The van der Waals surface area contributed by atoms with E-state index < -0.39 is 53.9 Å². The van der Waals surface area contributed by atoms with E-state index in [4.69, 9.17) is 0 Å². The molecule has 30 heavy (non-hydrogen) atoms. The summed E-state index contributed by atoms with van der Waals surface area (Å²) in [6, 6.07) is 5.17. The van der Waals surface area contributed by atoms with Crippen molar-refractivity contribution >= 4 is 11.9 Å². The van der Waals surface area contributed by atoms with Crippen LogP contribution in [-0.4, -0.2) is 28.1 Å². The number of rotatable bonds is 6. The average molecular weight is 435 g/mol. The Kier molecular flexibility index (Phi) is 6.76. The Morgan fingerprint density at radius 2 is 1.47 bits per heavy atom. The number of halogens is 6. The topological polar surface area (TPSA) is 86.6 Å². The van der Waals surface area contributed by atoms with Crippen LogP contribution < -0.4 is 5.32 Å². The van der Waals surface area contributed by atoms with Crippen molar-refractivity contribution in [2.45, 2.75) is 30.9 Å². The number of amides is 1. The summed E-state index contributed by atoms with van der Waals surface area (Å²) >= 11 is 0. The van der Waals surface area contributed by atoms with Crippen LogP contribution in [0.2, 0.25) is 0 Å². The Hall–Kier alpha value is -3.08. The second-order valence-electron chi connectivity index (χ2n) is 6.32. The van der Waals surface area contributed by atoms with Gasteiger partial charge in [-0.15, -0.1) is 0 Å². The van der Waals surface area contributed by atoms with E-state index in [2.05, 4.69) is 0 Å². The molecule has 0 fully saturated rings. The Labute approximate surface area is 165 Å². The van der Waals surface area contributed by atoms with Crippen LogP contribution in [0.15, 0.2) is 48.5 Å². The number of carboxylic acid groups (broad SMARTS) is 1. The van der Waals surface area contributed by atoms with Gasteiger partial charge in [-0.05, 0) is 29.3 Å². The molecule has 0 bridgehead atoms. The molecule has 0 aromatic heterocycles. The largest absolute Gasteiger partial charge is 0.480 e. The fraction of sp³-hybridized carbons (Fsp3) is 0.263. The van der Waals surface area contributed by atoms with Crippen molar-refractivity contribution in [2.75, 3.05) is 0 Å². The number of carbonyl (C=O) groups is 2. The lowest BCUT2D eigenvalue weighted by Gasteiger charge is -2.18. The van der Waals surface area contributed by atoms with E-state index in [0.29, 0.717) is 12.1 Å². The molecular formula is C19H15F6NO4. The van der Waals surface area contributed by atoms with Crippen molar-refractivity contribution in [1.82, 2.24) is 5.32 Å². The molecule has 0 saturated carbocycles. The number of hydrogen-bond donors (Lipinski definition) is 3. The number of hydrogen-bond acceptors (Lipinski definition) is 3. The van der Waals surface area contributed by atoms with Crippen LogP contribution in [0.25, 0.3) is 0 Å². The maximum atomic E-state index is 12.8. The first-order valence-corrected chi connectivity index (χ1v) is 8.33. The van der Waals surface area contributed by atoms with E-state index in [1.54, 1.807) is 0 Å². The highest BCUT2D eigenvalue weighted by Gasteiger charge is 2.32. The molecule has 11 heteroatoms. The molecule has 2 rings (SSSR count). The minimum absolute atomic E-state index is 0.0263. The Morgan fingerprint density at radius 3 is 1.97 bits per heavy atom. The van der Waals surface area contributed by atoms with E-state index >= 15 is 0 Å². The van der Waals surface area contributed by atoms with Crippen LogP contribution in [0, 0.1) is 0 Å². The minimum atomic E-state index is -4.64. The van der Waals surface area contributed by atoms with Crippen molar-refractivity contribution in [3.8, 4) is 0 Å². The number of aliphatic hydroxyl groups excluding tert-OH is 1. The first-order valence-electron chi connectivity index (χ1n) is 8.33. The first-order chi connectivity index (χ1) is 13.8. The molecular weight excluding hydrogens is 420 g/mol. The van der Waals surface area contributed by atoms with Gasteiger partial charge in [-0.3, -0.25) is 4.79 Å². The summed E-state index contributed by atoms with van der Waals surface area (Å²) in [6.07, 6.45) is -11.7. The molecule has 0 saturated heterocycles. The first kappa shape index (κ1) is 23.2. The van der Waals surface area contributed by atoms with Crippen molar-refractivity contribution in [1.29, 1.82) is 0 Å². The normalized spacial score (nSPS) is 14.1. The van der Waals surface area contributed by atoms with Gasteiger partial charge in [0.05, 0.1) is 11.1 Å². The minimum Gasteiger partial charge on any atom is -0.480 e. The van der Waals surface area contributed by atoms with Gasteiger partial charge in [0.2, 0.25) is 0 Å². The number of alkyl halides is 6. The van der Waals surface area contributed by atoms with Gasteiger partial charge in [0, 0.05) is 6.42 Å². The monoisotopic (exact) mass is 435 g/mol. The Balaban J connectivity index is 2.13. The van der Waals surface area contributed by atoms with Crippen molar-refractivity contribution in [3.63, 3.8) is 0 Å². The summed E-state index contributed by atoms with van der Waals surface area (Å²) in [7, 11) is 0. The van der Waals surface area contributed by atoms with E-state index in [0.717, 1.165) is 30.3 Å². The molecule has 0 spiro atoms. The van der Waals surface area contributed by atoms with Gasteiger partial charge in [0.25, 0.3) is 5.91 Å². The van der Waals surface area contributed by atoms with E-state index in [1.807, 2.05) is 5.32 Å². The summed E-state index contributed by atoms with van der Waals surface area (Å²) in [4.78, 5) is 23.5. The highest BCUT2D eigenvalue weighted by atomic mass is 19.4. The predicted molar refractivity (Wildman–Crippen MR) is 91.1 cm³/mol. The van der Waals surface area contributed by atoms with E-state index in [9.17, 15) is 46.1 Å². The zero-order valence-electron chi connectivity index (χ0n) is 15.0. The summed E-state index contributed by atoms with van der Waals surface area (Å²) < 4.78 is 76.1. The molecule has 162 valence electrons. The zero-order valence-corrected chi connectivity index (χ0v) is 15.0. The fourth-order valence-corrected chi connectivity index (χ4v) is 2.57. The molecule has 5 nitrogen and oxygen atoms in total. The second kappa shape index (κ2) is 8.74. The van der Waals surface area contributed by atoms with Gasteiger partial charge >= 0.3 is 18.3 Å². The zero-order chi connectivity index (χ0) is 22.7. The number of carbonyl (C=O) groups excluding carboxylic acids is 1. The van der Waals surface area contributed by atoms with Crippen LogP contribution >= 0.6 is 0 Å². The van der Waals surface area contributed by atoms with Gasteiger partial charge < -0.3 is 15.5 Å². The Bertz CT molecular complexity index is 908. The van der Waals surface area contributed by atoms with E-state index in [-0.39, 0.29) is 11.1 Å². The highest BCUT2D eigenvalue weighted by molar-refractivity contribution is 5.87. The van der Waals surface area contributed by atoms with Crippen LogP contribution in [0.1, 0.15) is 28.4 Å². The maximum Gasteiger partial charge on any atom is 0.416 e. The molecule has 0 aliphatic carbocycles. The lowest BCUT2D eigenvalue weighted by Crippen LogP contribution is -2.44. The maximum absolute atomic E-state index is 12.8. The van der Waals surface area contributed by atoms with Crippen molar-refractivity contribution in [2.24, 2.45) is 0 Å². The lowest BCUT2D eigenvalue weighted by molar-refractivity contribution is -0.143. The number of aliphatic carboxylic acids is 1. The molecule has 2 atom stereocenters. The third-order valence-corrected chi connectivity index (χ3v) is 4.11. The molecule has 0 heterocycles. The molecule has 2 aromatic rings. The van der Waals surface area contributed by atoms with Crippen LogP contribution in [0.3, 0.4) is 0 Å². The smallest absolute Gasteiger partial charge is 0.416 e. The second-order valence-corrected chi connectivity index (χ2v) is 6.32. The average Bonchev–Trinajstić information content (AvgIpc) is 2.65. The summed E-state index contributed by atoms with van der Waals surface area (Å²) in [5.41, 5.74) is -2.25. The SMILES string of the molecule is O=C(O)[C@H](Cc1cccc(C(F)(F)F)c1)NC(=O)[C@H](O)c1ccc(C(F)(F)F)cc1. The van der Waals surface area contributed by atoms with Gasteiger partial charge in [-0.1, -0.05) is 30.3 Å². The van der Waals surface area contributed by atoms with Gasteiger partial charge in [0.1, 0.15) is 6.04 Å². The molecule has 2 aromatic carbocycles. The summed E-state index contributed by atoms with van der Waals surface area (Å²) in [6.45, 7) is 0. The standard InChI is InChI=1S/C19H15F6NO4/c20-18(21,22)12-6-4-11(5-7-12)15(27)16(28)26-14(17(29)30)9-10-2-1-3-13(8-10)19(23,24)25/h1-8,14-15,27H,9H2,(H,26,28)(H,29,30)/t14-,15+/m0/s1. The van der Waals surface area contributed by atoms with Gasteiger partial charge in [0.15, 0.2) is 6.10 Å². The number of benzene rings is 2. The highest BCUT2D eigenvalue weighted by Crippen LogP contribution is 2.31. The van der Waals surface area contributed by atoms with E-state index in [1.165, 1.54) is 6.07 Å². The Morgan fingerprint density at radius 1 is 0.900 bits per heavy atom. The van der Waals surface area contributed by atoms with Crippen LogP contribution in [0.4, 0.5) is 26.3 Å². The van der Waals surface area contributed by atoms with Gasteiger partial charge in [-0.2, -0.15) is 26.3 Å². The third-order valence-electron chi connectivity index (χ3n) is 4.11. The number of aliphatic hydroxyl groups is 1. The molecule has 1 amide bonds. The summed E-state index contributed by atoms with van der Waals surface area (Å²) in [5, 5.41) is 21.2. The van der Waals surface area contributed by atoms with Crippen molar-refractivity contribution in [3.05, 3.63) is 70.8 Å². The number of nitrogens with one attached hydrogen (secondary N) is 1. The molecule has 0 aliphatic rings. The number of carboxylic acids is 1. The lowest BCUT2D eigenvalue weighted by atomic mass is 10.0. The molecule has 0 radical (unpaired) electrons. The van der Waals surface area contributed by atoms with Crippen LogP contribution in [0.5, 0.6) is 0 Å². The summed E-state index contributed by atoms with van der Waals surface area (Å²) in [5.74, 6) is -2.80. The molecule has 3 N–H and O–H groups in total. The molecule has 0 aliphatic heterocycles. The third kappa shape index (κ3) is 5.96. The van der Waals surface area contributed by atoms with Crippen LogP contribution in [-0.2, 0) is 28.4 Å². The quantitative estimate of drug-likeness (QED) is 0.606. The molecule has 0 unspecified atom stereocenters. The predicted octanol–water partition coefficient (Wildman–Crippen LogP) is 3.57. The fourth-order valence-electron chi connectivity index (χ4n) is 2.57. The van der Waals surface area contributed by atoms with Crippen molar-refractivity contribution < 1.29 is 46.1 Å².